The molecule has 0 spiro atoms. The highest BCUT2D eigenvalue weighted by atomic mass is 19.1. The van der Waals surface area contributed by atoms with Crippen LogP contribution in [-0.2, 0) is 4.79 Å². The van der Waals surface area contributed by atoms with Crippen molar-refractivity contribution in [2.24, 2.45) is 5.92 Å². The summed E-state index contributed by atoms with van der Waals surface area (Å²) < 4.78 is 15.1. The van der Waals surface area contributed by atoms with Crippen LogP contribution in [0.25, 0.3) is 5.82 Å². The summed E-state index contributed by atoms with van der Waals surface area (Å²) in [6.07, 6.45) is 6.34. The van der Waals surface area contributed by atoms with Crippen molar-refractivity contribution in [3.8, 4) is 5.82 Å². The van der Waals surface area contributed by atoms with Crippen LogP contribution in [0, 0.1) is 21.8 Å². The first-order chi connectivity index (χ1) is 14.5. The second-order valence-corrected chi connectivity index (χ2v) is 6.88. The maximum Gasteiger partial charge on any atom is 0.306 e. The van der Waals surface area contributed by atoms with Gasteiger partial charge in [0, 0.05) is 43.3 Å². The van der Waals surface area contributed by atoms with Crippen molar-refractivity contribution < 1.29 is 14.1 Å². The fourth-order valence-electron chi connectivity index (χ4n) is 3.41. The highest BCUT2D eigenvalue weighted by Gasteiger charge is 2.27. The summed E-state index contributed by atoms with van der Waals surface area (Å²) in [5.74, 6) is -0.257. The number of amides is 1. The molecule has 0 radical (unpaired) electrons. The van der Waals surface area contributed by atoms with Crippen molar-refractivity contribution in [1.82, 2.24) is 19.7 Å². The number of rotatable bonds is 5. The third kappa shape index (κ3) is 4.09. The molecule has 1 aliphatic rings. The maximum atomic E-state index is 13.5. The Bertz CT molecular complexity index is 1070. The minimum atomic E-state index is -0.946. The van der Waals surface area contributed by atoms with Gasteiger partial charge in [0.05, 0.1) is 10.8 Å². The van der Waals surface area contributed by atoms with Crippen molar-refractivity contribution in [3.05, 3.63) is 65.0 Å². The van der Waals surface area contributed by atoms with Crippen LogP contribution in [0.3, 0.4) is 0 Å². The molecule has 1 aliphatic heterocycles. The topological polar surface area (TPSA) is 119 Å². The smallest absolute Gasteiger partial charge is 0.306 e. The molecule has 1 atom stereocenters. The Morgan fingerprint density at radius 2 is 2.10 bits per heavy atom. The van der Waals surface area contributed by atoms with E-state index in [1.807, 2.05) is 4.90 Å². The number of hydrogen-bond acceptors (Lipinski definition) is 7. The van der Waals surface area contributed by atoms with E-state index in [-0.39, 0.29) is 17.5 Å². The number of carbonyl (C=O) groups excluding carboxylic acids is 1. The molecule has 2 aromatic heterocycles. The van der Waals surface area contributed by atoms with Crippen LogP contribution in [-0.4, -0.2) is 43.7 Å². The standard InChI is InChI=1S/C19H18FN7O3/c20-15-5-4-14(9-16(15)27(29)30)24-19(28)13-3-1-7-25(11-13)17-10-18(22-12-21-17)26-8-2-6-23-26/h2,4-6,8-10,12-13H,1,3,7,11H2,(H,24,28). The number of aromatic nitrogens is 4. The summed E-state index contributed by atoms with van der Waals surface area (Å²) >= 11 is 0. The predicted molar refractivity (Wildman–Crippen MR) is 106 cm³/mol. The van der Waals surface area contributed by atoms with Gasteiger partial charge in [0.1, 0.15) is 12.1 Å². The van der Waals surface area contributed by atoms with Crippen molar-refractivity contribution in [2.75, 3.05) is 23.3 Å². The number of nitrogens with zero attached hydrogens (tertiary/aromatic N) is 6. The van der Waals surface area contributed by atoms with E-state index in [1.165, 1.54) is 12.4 Å². The van der Waals surface area contributed by atoms with Gasteiger partial charge in [0.25, 0.3) is 0 Å². The summed E-state index contributed by atoms with van der Waals surface area (Å²) in [5, 5.41) is 17.7. The summed E-state index contributed by atoms with van der Waals surface area (Å²) in [5.41, 5.74) is -0.488. The Morgan fingerprint density at radius 3 is 2.87 bits per heavy atom. The summed E-state index contributed by atoms with van der Waals surface area (Å²) in [7, 11) is 0. The van der Waals surface area contributed by atoms with Crippen molar-refractivity contribution in [2.45, 2.75) is 12.8 Å². The molecule has 0 aliphatic carbocycles. The Labute approximate surface area is 170 Å². The lowest BCUT2D eigenvalue weighted by Gasteiger charge is -2.32. The van der Waals surface area contributed by atoms with Gasteiger partial charge in [-0.05, 0) is 31.0 Å². The maximum absolute atomic E-state index is 13.5. The van der Waals surface area contributed by atoms with E-state index < -0.39 is 16.4 Å². The van der Waals surface area contributed by atoms with Gasteiger partial charge in [0.2, 0.25) is 11.7 Å². The largest absolute Gasteiger partial charge is 0.356 e. The van der Waals surface area contributed by atoms with E-state index in [0.29, 0.717) is 24.6 Å². The van der Waals surface area contributed by atoms with Crippen LogP contribution in [0.4, 0.5) is 21.6 Å². The summed E-state index contributed by atoms with van der Waals surface area (Å²) in [4.78, 5) is 33.3. The third-order valence-electron chi connectivity index (χ3n) is 4.90. The normalized spacial score (nSPS) is 16.3. The first-order valence-electron chi connectivity index (χ1n) is 9.33. The highest BCUT2D eigenvalue weighted by Crippen LogP contribution is 2.25. The average molecular weight is 411 g/mol. The van der Waals surface area contributed by atoms with E-state index in [9.17, 15) is 19.3 Å². The molecule has 1 unspecified atom stereocenters. The first kappa shape index (κ1) is 19.4. The van der Waals surface area contributed by atoms with Gasteiger partial charge in [0.15, 0.2) is 5.82 Å². The van der Waals surface area contributed by atoms with Crippen LogP contribution < -0.4 is 10.2 Å². The van der Waals surface area contributed by atoms with Gasteiger partial charge in [-0.3, -0.25) is 14.9 Å². The third-order valence-corrected chi connectivity index (χ3v) is 4.90. The SMILES string of the molecule is O=C(Nc1ccc(F)c([N+](=O)[O-])c1)C1CCCN(c2cc(-n3cccn3)ncn2)C1. The number of piperidine rings is 1. The molecule has 3 heterocycles. The summed E-state index contributed by atoms with van der Waals surface area (Å²) in [6.45, 7) is 1.17. The fraction of sp³-hybridized carbons (Fsp3) is 0.263. The lowest BCUT2D eigenvalue weighted by Crippen LogP contribution is -2.41. The van der Waals surface area contributed by atoms with Crippen molar-refractivity contribution in [3.63, 3.8) is 0 Å². The van der Waals surface area contributed by atoms with Gasteiger partial charge in [-0.15, -0.1) is 0 Å². The Kier molecular flexibility index (Phi) is 5.33. The van der Waals surface area contributed by atoms with Gasteiger partial charge >= 0.3 is 5.69 Å². The van der Waals surface area contributed by atoms with Gasteiger partial charge in [-0.1, -0.05) is 0 Å². The lowest BCUT2D eigenvalue weighted by atomic mass is 9.97. The number of halogens is 1. The van der Waals surface area contributed by atoms with E-state index in [2.05, 4.69) is 20.4 Å². The van der Waals surface area contributed by atoms with Crippen molar-refractivity contribution in [1.29, 1.82) is 0 Å². The number of anilines is 2. The molecule has 3 aromatic rings. The van der Waals surface area contributed by atoms with Crippen LogP contribution in [0.15, 0.2) is 49.1 Å². The van der Waals surface area contributed by atoms with E-state index in [0.717, 1.165) is 25.1 Å². The molecule has 0 saturated carbocycles. The van der Waals surface area contributed by atoms with Gasteiger partial charge in [-0.2, -0.15) is 9.49 Å². The molecule has 1 amide bonds. The van der Waals surface area contributed by atoms with Crippen LogP contribution >= 0.6 is 0 Å². The highest BCUT2D eigenvalue weighted by molar-refractivity contribution is 5.93. The predicted octanol–water partition coefficient (Wildman–Crippen LogP) is 2.56. The Balaban J connectivity index is 1.46. The van der Waals surface area contributed by atoms with E-state index in [1.54, 1.807) is 29.2 Å². The molecule has 1 fully saturated rings. The zero-order chi connectivity index (χ0) is 21.1. The Morgan fingerprint density at radius 1 is 1.27 bits per heavy atom. The van der Waals surface area contributed by atoms with Gasteiger partial charge < -0.3 is 10.2 Å². The second-order valence-electron chi connectivity index (χ2n) is 6.88. The van der Waals surface area contributed by atoms with Crippen LogP contribution in [0.1, 0.15) is 12.8 Å². The fourth-order valence-corrected chi connectivity index (χ4v) is 3.41. The number of hydrogen-bond donors (Lipinski definition) is 1. The second kappa shape index (κ2) is 8.23. The molecule has 1 N–H and O–H groups in total. The molecular weight excluding hydrogens is 393 g/mol. The molecule has 11 heteroatoms. The van der Waals surface area contributed by atoms with Crippen LogP contribution in [0.5, 0.6) is 0 Å². The molecule has 10 nitrogen and oxygen atoms in total. The number of carbonyl (C=O) groups is 1. The number of nitro benzene ring substituents is 1. The Hall–Kier alpha value is -3.89. The number of nitrogens with one attached hydrogen (secondary N) is 1. The minimum absolute atomic E-state index is 0.188. The number of nitro groups is 1. The molecule has 154 valence electrons. The van der Waals surface area contributed by atoms with E-state index >= 15 is 0 Å². The zero-order valence-electron chi connectivity index (χ0n) is 15.8. The van der Waals surface area contributed by atoms with Crippen LogP contribution in [0.2, 0.25) is 0 Å². The molecule has 0 bridgehead atoms. The molecule has 4 rings (SSSR count). The average Bonchev–Trinajstić information content (AvgIpc) is 3.30. The number of benzene rings is 1. The molecular formula is C19H18FN7O3. The first-order valence-corrected chi connectivity index (χ1v) is 9.33. The quantitative estimate of drug-likeness (QED) is 0.506. The molecule has 30 heavy (non-hydrogen) atoms. The van der Waals surface area contributed by atoms with Gasteiger partial charge in [-0.25, -0.2) is 14.6 Å². The zero-order valence-corrected chi connectivity index (χ0v) is 15.8. The minimum Gasteiger partial charge on any atom is -0.356 e. The summed E-state index contributed by atoms with van der Waals surface area (Å²) in [6, 6.07) is 6.90. The molecule has 1 aromatic carbocycles. The van der Waals surface area contributed by atoms with Crippen molar-refractivity contribution >= 4 is 23.1 Å². The lowest BCUT2D eigenvalue weighted by molar-refractivity contribution is -0.387. The monoisotopic (exact) mass is 411 g/mol. The van der Waals surface area contributed by atoms with E-state index in [4.69, 9.17) is 0 Å². The molecule has 1 saturated heterocycles.